The van der Waals surface area contributed by atoms with E-state index in [0.717, 1.165) is 11.4 Å². The minimum absolute atomic E-state index is 0.0282. The monoisotopic (exact) mass is 362 g/mol. The van der Waals surface area contributed by atoms with Gasteiger partial charge in [-0.15, -0.1) is 0 Å². The van der Waals surface area contributed by atoms with Crippen LogP contribution in [0.4, 0.5) is 5.69 Å². The Kier molecular flexibility index (Phi) is 5.90. The van der Waals surface area contributed by atoms with Crippen LogP contribution in [0.25, 0.3) is 0 Å². The largest absolute Gasteiger partial charge is 0.465 e. The number of benzene rings is 1. The summed E-state index contributed by atoms with van der Waals surface area (Å²) < 4.78 is 6.84. The zero-order chi connectivity index (χ0) is 18.7. The number of nitrogens with one attached hydrogen (secondary N) is 1. The van der Waals surface area contributed by atoms with Crippen LogP contribution in [0.1, 0.15) is 52.0 Å². The molecule has 0 amide bonds. The van der Waals surface area contributed by atoms with Crippen molar-refractivity contribution in [3.8, 4) is 0 Å². The fourth-order valence-electron chi connectivity index (χ4n) is 3.03. The highest BCUT2D eigenvalue weighted by Gasteiger charge is 2.17. The lowest BCUT2D eigenvalue weighted by Gasteiger charge is -2.14. The van der Waals surface area contributed by atoms with E-state index in [1.165, 1.54) is 7.11 Å². The minimum Gasteiger partial charge on any atom is -0.465 e. The molecule has 6 heteroatoms. The Morgan fingerprint density at radius 3 is 2.48 bits per heavy atom. The molecule has 0 fully saturated rings. The van der Waals surface area contributed by atoms with E-state index >= 15 is 0 Å². The molecular weight excluding hydrogens is 340 g/mol. The Bertz CT molecular complexity index is 809. The molecule has 0 radical (unpaired) electrons. The maximum Gasteiger partial charge on any atom is 0.337 e. The van der Waals surface area contributed by atoms with E-state index in [4.69, 9.17) is 16.3 Å². The highest BCUT2D eigenvalue weighted by atomic mass is 35.5. The molecule has 5 nitrogen and oxygen atoms in total. The van der Waals surface area contributed by atoms with Gasteiger partial charge in [-0.25, -0.2) is 4.79 Å². The molecule has 25 heavy (non-hydrogen) atoms. The normalized spacial score (nSPS) is 10.8. The summed E-state index contributed by atoms with van der Waals surface area (Å²) in [6.45, 7) is 8.21. The lowest BCUT2D eigenvalue weighted by Crippen LogP contribution is -2.16. The summed E-state index contributed by atoms with van der Waals surface area (Å²) in [4.78, 5) is 24.2. The predicted molar refractivity (Wildman–Crippen MR) is 99.9 cm³/mol. The second-order valence-electron chi connectivity index (χ2n) is 6.21. The maximum atomic E-state index is 12.6. The molecular formula is C19H23ClN2O3. The first-order chi connectivity index (χ1) is 11.8. The van der Waals surface area contributed by atoms with Crippen molar-refractivity contribution in [1.82, 2.24) is 4.57 Å². The predicted octanol–water partition coefficient (Wildman–Crippen LogP) is 4.42. The van der Waals surface area contributed by atoms with Gasteiger partial charge in [0, 0.05) is 23.0 Å². The third-order valence-corrected chi connectivity index (χ3v) is 4.46. The molecule has 2 rings (SSSR count). The number of esters is 1. The lowest BCUT2D eigenvalue weighted by molar-refractivity contribution is 0.0600. The molecule has 0 aliphatic carbocycles. The van der Waals surface area contributed by atoms with Crippen LogP contribution in [-0.2, 0) is 4.74 Å². The van der Waals surface area contributed by atoms with Crippen molar-refractivity contribution in [3.05, 3.63) is 51.8 Å². The quantitative estimate of drug-likeness (QED) is 0.610. The fourth-order valence-corrected chi connectivity index (χ4v) is 3.21. The number of Topliss-reactive ketones (excluding diaryl/α,β-unsaturated/α-hetero) is 1. The number of aromatic nitrogens is 1. The molecule has 0 saturated carbocycles. The van der Waals surface area contributed by atoms with Crippen molar-refractivity contribution >= 4 is 29.0 Å². The second kappa shape index (κ2) is 7.74. The summed E-state index contributed by atoms with van der Waals surface area (Å²) in [5, 5.41) is 3.46. The molecule has 0 aliphatic heterocycles. The first-order valence-corrected chi connectivity index (χ1v) is 8.47. The smallest absolute Gasteiger partial charge is 0.337 e. The topological polar surface area (TPSA) is 60.3 Å². The third kappa shape index (κ3) is 4.04. The number of anilines is 1. The van der Waals surface area contributed by atoms with Gasteiger partial charge in [-0.3, -0.25) is 4.79 Å². The van der Waals surface area contributed by atoms with Crippen LogP contribution < -0.4 is 5.32 Å². The van der Waals surface area contributed by atoms with Gasteiger partial charge in [-0.1, -0.05) is 11.6 Å². The highest BCUT2D eigenvalue weighted by Crippen LogP contribution is 2.24. The van der Waals surface area contributed by atoms with Crippen LogP contribution in [-0.4, -0.2) is 30.0 Å². The summed E-state index contributed by atoms with van der Waals surface area (Å²) >= 11 is 6.15. The van der Waals surface area contributed by atoms with Crippen molar-refractivity contribution in [2.45, 2.75) is 33.7 Å². The van der Waals surface area contributed by atoms with Gasteiger partial charge in [0.05, 0.1) is 29.9 Å². The number of hydrogen-bond acceptors (Lipinski definition) is 4. The first-order valence-electron chi connectivity index (χ1n) is 8.09. The molecule has 0 saturated heterocycles. The minimum atomic E-state index is -0.452. The van der Waals surface area contributed by atoms with Crippen LogP contribution in [0.3, 0.4) is 0 Å². The number of rotatable bonds is 6. The van der Waals surface area contributed by atoms with E-state index in [2.05, 4.69) is 23.7 Å². The number of carbonyl (C=O) groups is 2. The molecule has 0 spiro atoms. The summed E-state index contributed by atoms with van der Waals surface area (Å²) in [7, 11) is 1.32. The summed E-state index contributed by atoms with van der Waals surface area (Å²) in [6, 6.07) is 6.97. The van der Waals surface area contributed by atoms with Gasteiger partial charge >= 0.3 is 5.97 Å². The van der Waals surface area contributed by atoms with Gasteiger partial charge < -0.3 is 14.6 Å². The van der Waals surface area contributed by atoms with E-state index in [1.54, 1.807) is 18.2 Å². The van der Waals surface area contributed by atoms with Crippen LogP contribution in [0.15, 0.2) is 24.3 Å². The van der Waals surface area contributed by atoms with Gasteiger partial charge in [0.1, 0.15) is 0 Å². The van der Waals surface area contributed by atoms with E-state index in [1.807, 2.05) is 19.9 Å². The SMILES string of the molecule is COC(=O)c1ccc(Cl)c(NCC(=O)c2cc(C)n(C(C)C)c2C)c1. The maximum absolute atomic E-state index is 12.6. The van der Waals surface area contributed by atoms with Crippen molar-refractivity contribution in [2.24, 2.45) is 0 Å². The molecule has 0 aliphatic rings. The van der Waals surface area contributed by atoms with Gasteiger partial charge in [0.15, 0.2) is 5.78 Å². The van der Waals surface area contributed by atoms with Crippen molar-refractivity contribution in [3.63, 3.8) is 0 Å². The van der Waals surface area contributed by atoms with E-state index in [-0.39, 0.29) is 12.3 Å². The number of ketones is 1. The van der Waals surface area contributed by atoms with Gasteiger partial charge in [-0.05, 0) is 52.0 Å². The number of halogens is 1. The zero-order valence-electron chi connectivity index (χ0n) is 15.1. The van der Waals surface area contributed by atoms with Gasteiger partial charge in [0.2, 0.25) is 0 Å². The Hall–Kier alpha value is -2.27. The van der Waals surface area contributed by atoms with E-state index < -0.39 is 5.97 Å². The van der Waals surface area contributed by atoms with Crippen LogP contribution in [0.2, 0.25) is 5.02 Å². The number of aryl methyl sites for hydroxylation is 1. The lowest BCUT2D eigenvalue weighted by atomic mass is 10.1. The van der Waals surface area contributed by atoms with E-state index in [9.17, 15) is 9.59 Å². The number of nitrogens with zero attached hydrogens (tertiary/aromatic N) is 1. The van der Waals surface area contributed by atoms with Crippen LogP contribution >= 0.6 is 11.6 Å². The first kappa shape index (κ1) is 19.1. The Morgan fingerprint density at radius 2 is 1.92 bits per heavy atom. The molecule has 1 aromatic carbocycles. The molecule has 1 aromatic heterocycles. The summed E-state index contributed by atoms with van der Waals surface area (Å²) in [5.41, 5.74) is 3.60. The number of hydrogen-bond donors (Lipinski definition) is 1. The molecule has 0 bridgehead atoms. The standard InChI is InChI=1S/C19H23ClN2O3/c1-11(2)22-12(3)8-15(13(22)4)18(23)10-21-17-9-14(19(24)25-5)6-7-16(17)20/h6-9,11,21H,10H2,1-5H3. The number of methoxy groups -OCH3 is 1. The van der Waals surface area contributed by atoms with Crippen molar-refractivity contribution < 1.29 is 14.3 Å². The Balaban J connectivity index is 2.18. The fraction of sp³-hybridized carbons (Fsp3) is 0.368. The van der Waals surface area contributed by atoms with Gasteiger partial charge in [0.25, 0.3) is 0 Å². The van der Waals surface area contributed by atoms with Crippen LogP contribution in [0.5, 0.6) is 0 Å². The molecule has 1 heterocycles. The average molecular weight is 363 g/mol. The highest BCUT2D eigenvalue weighted by molar-refractivity contribution is 6.33. The number of ether oxygens (including phenoxy) is 1. The van der Waals surface area contributed by atoms with Crippen LogP contribution in [0, 0.1) is 13.8 Å². The van der Waals surface area contributed by atoms with Crippen molar-refractivity contribution in [1.29, 1.82) is 0 Å². The molecule has 134 valence electrons. The summed E-state index contributed by atoms with van der Waals surface area (Å²) in [6.07, 6.45) is 0. The molecule has 1 N–H and O–H groups in total. The molecule has 0 unspecified atom stereocenters. The Labute approximate surface area is 152 Å². The van der Waals surface area contributed by atoms with Crippen molar-refractivity contribution in [2.75, 3.05) is 19.0 Å². The molecule has 2 aromatic rings. The zero-order valence-corrected chi connectivity index (χ0v) is 15.9. The summed E-state index contributed by atoms with van der Waals surface area (Å²) in [5.74, 6) is -0.480. The Morgan fingerprint density at radius 1 is 1.24 bits per heavy atom. The number of carbonyl (C=O) groups excluding carboxylic acids is 2. The third-order valence-electron chi connectivity index (χ3n) is 4.13. The average Bonchev–Trinajstić information content (AvgIpc) is 2.87. The van der Waals surface area contributed by atoms with Gasteiger partial charge in [-0.2, -0.15) is 0 Å². The molecule has 0 atom stereocenters. The van der Waals surface area contributed by atoms with E-state index in [0.29, 0.717) is 27.9 Å². The second-order valence-corrected chi connectivity index (χ2v) is 6.62.